The first kappa shape index (κ1) is 21.3. The van der Waals surface area contributed by atoms with Gasteiger partial charge in [0.05, 0.1) is 24.0 Å². The summed E-state index contributed by atoms with van der Waals surface area (Å²) in [7, 11) is -0.906. The molecule has 2 aromatic carbocycles. The Morgan fingerprint density at radius 1 is 1.07 bits per heavy atom. The predicted octanol–water partition coefficient (Wildman–Crippen LogP) is 3.11. The van der Waals surface area contributed by atoms with E-state index in [4.69, 9.17) is 21.7 Å². The molecule has 0 bridgehead atoms. The van der Waals surface area contributed by atoms with E-state index in [1.165, 1.54) is 26.4 Å². The third-order valence-corrected chi connectivity index (χ3v) is 6.66. The van der Waals surface area contributed by atoms with Crippen LogP contribution in [0.15, 0.2) is 52.3 Å². The number of carbonyl (C=O) groups is 1. The fraction of sp³-hybridized carbons (Fsp3) is 0.158. The highest BCUT2D eigenvalue weighted by Crippen LogP contribution is 2.34. The molecular weight excluding hydrogens is 432 g/mol. The van der Waals surface area contributed by atoms with Crippen molar-refractivity contribution in [3.05, 3.63) is 58.5 Å². The van der Waals surface area contributed by atoms with E-state index < -0.39 is 15.9 Å². The Morgan fingerprint density at radius 3 is 2.34 bits per heavy atom. The van der Waals surface area contributed by atoms with Gasteiger partial charge in [-0.1, -0.05) is 47.7 Å². The molecule has 1 fully saturated rings. The van der Waals surface area contributed by atoms with Gasteiger partial charge in [0.15, 0.2) is 15.8 Å². The number of ether oxygens (including phenoxy) is 2. The number of nitrogens with zero attached hydrogens (tertiary/aromatic N) is 1. The quantitative estimate of drug-likeness (QED) is 0.535. The fourth-order valence-electron chi connectivity index (χ4n) is 2.53. The van der Waals surface area contributed by atoms with Gasteiger partial charge in [0.25, 0.3) is 15.9 Å². The average molecular weight is 451 g/mol. The maximum Gasteiger partial charge on any atom is 0.281 e. The highest BCUT2D eigenvalue weighted by atomic mass is 32.2. The number of rotatable bonds is 6. The number of carbonyl (C=O) groups excluding carboxylic acids is 1. The highest BCUT2D eigenvalue weighted by Gasteiger charge is 2.35. The number of sulfonamides is 1. The molecule has 2 aromatic rings. The van der Waals surface area contributed by atoms with Crippen LogP contribution in [0.1, 0.15) is 11.1 Å². The lowest BCUT2D eigenvalue weighted by Gasteiger charge is -2.16. The number of hydrogen-bond donors (Lipinski definition) is 1. The van der Waals surface area contributed by atoms with Gasteiger partial charge in [-0.25, -0.2) is 13.4 Å². The summed E-state index contributed by atoms with van der Waals surface area (Å²) in [6.07, 6.45) is 1.61. The topological polar surface area (TPSA) is 84.9 Å². The zero-order valence-electron chi connectivity index (χ0n) is 15.8. The minimum atomic E-state index is -3.95. The Morgan fingerprint density at radius 2 is 1.72 bits per heavy atom. The van der Waals surface area contributed by atoms with E-state index in [0.717, 1.165) is 22.3 Å². The number of thioether (sulfide) groups is 1. The van der Waals surface area contributed by atoms with Crippen LogP contribution in [-0.2, 0) is 14.8 Å². The molecule has 0 atom stereocenters. The van der Waals surface area contributed by atoms with Gasteiger partial charge in [-0.15, -0.1) is 4.83 Å². The molecule has 7 nitrogen and oxygen atoms in total. The van der Waals surface area contributed by atoms with Crippen molar-refractivity contribution in [3.8, 4) is 11.5 Å². The molecule has 3 rings (SSSR count). The molecule has 0 saturated carbocycles. The maximum atomic E-state index is 12.7. The molecule has 1 amide bonds. The molecule has 0 unspecified atom stereocenters. The zero-order valence-corrected chi connectivity index (χ0v) is 18.3. The Hall–Kier alpha value is -2.40. The van der Waals surface area contributed by atoms with Gasteiger partial charge in [0.1, 0.15) is 0 Å². The summed E-state index contributed by atoms with van der Waals surface area (Å²) in [5, 5.41) is 0.863. The number of aryl methyl sites for hydroxylation is 1. The van der Waals surface area contributed by atoms with Crippen LogP contribution in [0.4, 0.5) is 0 Å². The van der Waals surface area contributed by atoms with E-state index in [-0.39, 0.29) is 14.1 Å². The molecule has 1 aliphatic heterocycles. The van der Waals surface area contributed by atoms with Crippen LogP contribution >= 0.6 is 24.0 Å². The number of thiocarbonyl (C=S) groups is 1. The lowest BCUT2D eigenvalue weighted by molar-refractivity contribution is -0.123. The first-order chi connectivity index (χ1) is 13.7. The van der Waals surface area contributed by atoms with Crippen LogP contribution in [0.3, 0.4) is 0 Å². The van der Waals surface area contributed by atoms with E-state index in [0.29, 0.717) is 17.1 Å². The normalized spacial score (nSPS) is 15.8. The van der Waals surface area contributed by atoms with Crippen molar-refractivity contribution >= 4 is 50.3 Å². The van der Waals surface area contributed by atoms with E-state index in [1.54, 1.807) is 36.4 Å². The van der Waals surface area contributed by atoms with Gasteiger partial charge >= 0.3 is 0 Å². The van der Waals surface area contributed by atoms with E-state index >= 15 is 0 Å². The summed E-state index contributed by atoms with van der Waals surface area (Å²) in [6, 6.07) is 11.5. The second kappa shape index (κ2) is 8.54. The molecule has 1 aliphatic rings. The second-order valence-corrected chi connectivity index (χ2v) is 9.38. The Kier molecular flexibility index (Phi) is 6.27. The molecule has 152 valence electrons. The summed E-state index contributed by atoms with van der Waals surface area (Å²) in [4.78, 5) is 15.3. The molecule has 0 aliphatic carbocycles. The van der Waals surface area contributed by atoms with Gasteiger partial charge in [-0.3, -0.25) is 4.79 Å². The van der Waals surface area contributed by atoms with Crippen molar-refractivity contribution in [2.75, 3.05) is 14.2 Å². The van der Waals surface area contributed by atoms with Crippen molar-refractivity contribution in [2.45, 2.75) is 11.8 Å². The van der Waals surface area contributed by atoms with Gasteiger partial charge in [0.2, 0.25) is 0 Å². The number of nitrogens with one attached hydrogen (secondary N) is 1. The van der Waals surface area contributed by atoms with E-state index in [1.807, 2.05) is 6.92 Å². The summed E-state index contributed by atoms with van der Waals surface area (Å²) >= 11 is 6.20. The monoisotopic (exact) mass is 450 g/mol. The van der Waals surface area contributed by atoms with Crippen molar-refractivity contribution in [1.82, 2.24) is 9.84 Å². The number of amides is 1. The van der Waals surface area contributed by atoms with Crippen molar-refractivity contribution in [2.24, 2.45) is 0 Å². The molecular formula is C19H18N2O5S3. The third-order valence-electron chi connectivity index (χ3n) is 4.04. The SMILES string of the molecule is COc1ccc(/C=C2/SC(=S)N(NS(=O)(=O)c3ccc(C)cc3)C2=O)cc1OC. The maximum absolute atomic E-state index is 12.7. The molecule has 10 heteroatoms. The molecule has 0 radical (unpaired) electrons. The highest BCUT2D eigenvalue weighted by molar-refractivity contribution is 8.26. The summed E-state index contributed by atoms with van der Waals surface area (Å²) in [5.74, 6) is 0.519. The van der Waals surface area contributed by atoms with Crippen molar-refractivity contribution < 1.29 is 22.7 Å². The minimum absolute atomic E-state index is 0.0426. The van der Waals surface area contributed by atoms with Gasteiger partial charge in [-0.05, 0) is 42.8 Å². The van der Waals surface area contributed by atoms with Crippen LogP contribution in [-0.4, -0.2) is 37.9 Å². The van der Waals surface area contributed by atoms with E-state index in [2.05, 4.69) is 4.83 Å². The van der Waals surface area contributed by atoms with Crippen LogP contribution in [0.5, 0.6) is 11.5 Å². The summed E-state index contributed by atoms with van der Waals surface area (Å²) in [5.41, 5.74) is 1.61. The van der Waals surface area contributed by atoms with Gasteiger partial charge < -0.3 is 9.47 Å². The Labute approximate surface area is 178 Å². The average Bonchev–Trinajstić information content (AvgIpc) is 2.95. The summed E-state index contributed by atoms with van der Waals surface area (Å²) in [6.45, 7) is 1.85. The standard InChI is InChI=1S/C19H18N2O5S3/c1-12-4-7-14(8-5-12)29(23,24)20-21-18(22)17(28-19(21)27)11-13-6-9-15(25-2)16(10-13)26-3/h4-11,20H,1-3H3/b17-11+. The number of hydrazine groups is 1. The smallest absolute Gasteiger partial charge is 0.281 e. The predicted molar refractivity (Wildman–Crippen MR) is 116 cm³/mol. The van der Waals surface area contributed by atoms with Gasteiger partial charge in [-0.2, -0.15) is 0 Å². The van der Waals surface area contributed by atoms with Crippen LogP contribution in [0, 0.1) is 6.92 Å². The van der Waals surface area contributed by atoms with Crippen LogP contribution in [0.2, 0.25) is 0 Å². The molecule has 1 heterocycles. The molecule has 0 spiro atoms. The van der Waals surface area contributed by atoms with Crippen LogP contribution < -0.4 is 14.3 Å². The Balaban J connectivity index is 1.84. The number of methoxy groups -OCH3 is 2. The lowest BCUT2D eigenvalue weighted by Crippen LogP contribution is -2.44. The fourth-order valence-corrected chi connectivity index (χ4v) is 4.84. The number of hydrogen-bond acceptors (Lipinski definition) is 7. The largest absolute Gasteiger partial charge is 0.493 e. The number of benzene rings is 2. The van der Waals surface area contributed by atoms with Crippen LogP contribution in [0.25, 0.3) is 6.08 Å². The first-order valence-corrected chi connectivity index (χ1v) is 11.0. The minimum Gasteiger partial charge on any atom is -0.493 e. The zero-order chi connectivity index (χ0) is 21.2. The molecule has 0 aromatic heterocycles. The molecule has 1 saturated heterocycles. The lowest BCUT2D eigenvalue weighted by atomic mass is 10.2. The van der Waals surface area contributed by atoms with Crippen molar-refractivity contribution in [1.29, 1.82) is 0 Å². The Bertz CT molecular complexity index is 1100. The summed E-state index contributed by atoms with van der Waals surface area (Å²) < 4.78 is 35.7. The molecule has 1 N–H and O–H groups in total. The van der Waals surface area contributed by atoms with E-state index in [9.17, 15) is 13.2 Å². The first-order valence-electron chi connectivity index (χ1n) is 8.34. The third kappa shape index (κ3) is 4.61. The van der Waals surface area contributed by atoms with Gasteiger partial charge in [0, 0.05) is 0 Å². The van der Waals surface area contributed by atoms with Crippen molar-refractivity contribution in [3.63, 3.8) is 0 Å². The molecule has 29 heavy (non-hydrogen) atoms. The second-order valence-electron chi connectivity index (χ2n) is 6.04.